The van der Waals surface area contributed by atoms with Crippen LogP contribution in [0.1, 0.15) is 11.1 Å². The van der Waals surface area contributed by atoms with Gasteiger partial charge in [-0.2, -0.15) is 5.26 Å². The Kier molecular flexibility index (Phi) is 2.66. The van der Waals surface area contributed by atoms with Gasteiger partial charge in [0.2, 0.25) is 0 Å². The van der Waals surface area contributed by atoms with E-state index >= 15 is 0 Å². The molecule has 2 aromatic carbocycles. The largest absolute Gasteiger partial charge is 0.392 e. The lowest BCUT2D eigenvalue weighted by atomic mass is 10.0. The van der Waals surface area contributed by atoms with Crippen LogP contribution in [0.25, 0.3) is 10.8 Å². The minimum absolute atomic E-state index is 0.0351. The van der Waals surface area contributed by atoms with Crippen LogP contribution in [0.2, 0.25) is 0 Å². The fourth-order valence-electron chi connectivity index (χ4n) is 1.72. The van der Waals surface area contributed by atoms with E-state index in [0.717, 1.165) is 21.9 Å². The molecule has 0 aliphatic heterocycles. The van der Waals surface area contributed by atoms with Gasteiger partial charge >= 0.3 is 0 Å². The van der Waals surface area contributed by atoms with E-state index in [1.165, 1.54) is 0 Å². The minimum Gasteiger partial charge on any atom is -0.392 e. The van der Waals surface area contributed by atoms with E-state index in [0.29, 0.717) is 6.42 Å². The van der Waals surface area contributed by atoms with Crippen LogP contribution < -0.4 is 0 Å². The number of fused-ring (bicyclic) bond motifs is 1. The quantitative estimate of drug-likeness (QED) is 0.803. The van der Waals surface area contributed by atoms with Crippen molar-refractivity contribution in [1.82, 2.24) is 0 Å². The van der Waals surface area contributed by atoms with Crippen LogP contribution in [0.15, 0.2) is 36.4 Å². The lowest BCUT2D eigenvalue weighted by molar-refractivity contribution is 0.283. The van der Waals surface area contributed by atoms with Crippen molar-refractivity contribution in [3.63, 3.8) is 0 Å². The van der Waals surface area contributed by atoms with Crippen LogP contribution in [0.3, 0.4) is 0 Å². The lowest BCUT2D eigenvalue weighted by Gasteiger charge is -2.04. The molecule has 2 aromatic rings. The summed E-state index contributed by atoms with van der Waals surface area (Å²) < 4.78 is 0. The van der Waals surface area contributed by atoms with Gasteiger partial charge in [-0.15, -0.1) is 0 Å². The summed E-state index contributed by atoms with van der Waals surface area (Å²) in [4.78, 5) is 0. The summed E-state index contributed by atoms with van der Waals surface area (Å²) in [5.74, 6) is 0. The third-order valence-electron chi connectivity index (χ3n) is 2.49. The molecule has 0 spiro atoms. The highest BCUT2D eigenvalue weighted by Crippen LogP contribution is 2.20. The second kappa shape index (κ2) is 4.12. The van der Waals surface area contributed by atoms with Crippen LogP contribution in [0.4, 0.5) is 0 Å². The average Bonchev–Trinajstić information content (AvgIpc) is 2.28. The number of nitrogens with zero attached hydrogens (tertiary/aromatic N) is 1. The van der Waals surface area contributed by atoms with Gasteiger partial charge in [-0.25, -0.2) is 0 Å². The molecule has 0 radical (unpaired) electrons. The second-order valence-electron chi connectivity index (χ2n) is 3.47. The molecular weight excluding hydrogens is 186 g/mol. The van der Waals surface area contributed by atoms with Crippen molar-refractivity contribution in [3.8, 4) is 6.07 Å². The Hall–Kier alpha value is -1.85. The molecule has 0 aliphatic carbocycles. The first-order valence-electron chi connectivity index (χ1n) is 4.83. The van der Waals surface area contributed by atoms with Crippen LogP contribution >= 0.6 is 0 Å². The molecule has 0 saturated carbocycles. The number of rotatable bonds is 2. The predicted molar refractivity (Wildman–Crippen MR) is 59.2 cm³/mol. The van der Waals surface area contributed by atoms with Gasteiger partial charge in [0.05, 0.1) is 19.1 Å². The smallest absolute Gasteiger partial charge is 0.0687 e. The zero-order valence-electron chi connectivity index (χ0n) is 8.27. The van der Waals surface area contributed by atoms with Crippen LogP contribution in [0, 0.1) is 11.3 Å². The summed E-state index contributed by atoms with van der Waals surface area (Å²) in [6.07, 6.45) is 0.412. The van der Waals surface area contributed by atoms with Gasteiger partial charge in [-0.3, -0.25) is 0 Å². The summed E-state index contributed by atoms with van der Waals surface area (Å²) in [5, 5.41) is 19.9. The predicted octanol–water partition coefficient (Wildman–Crippen LogP) is 2.40. The first kappa shape index (κ1) is 9.70. The lowest BCUT2D eigenvalue weighted by Crippen LogP contribution is -1.88. The molecule has 74 valence electrons. The van der Waals surface area contributed by atoms with Crippen molar-refractivity contribution in [2.24, 2.45) is 0 Å². The first-order valence-corrected chi connectivity index (χ1v) is 4.83. The highest BCUT2D eigenvalue weighted by molar-refractivity contribution is 5.86. The SMILES string of the molecule is N#CCc1ccc2cccc(CO)c2c1. The third-order valence-corrected chi connectivity index (χ3v) is 2.49. The molecule has 0 saturated heterocycles. The highest BCUT2D eigenvalue weighted by Gasteiger charge is 2.00. The van der Waals surface area contributed by atoms with Crippen molar-refractivity contribution >= 4 is 10.8 Å². The van der Waals surface area contributed by atoms with E-state index in [1.807, 2.05) is 36.4 Å². The van der Waals surface area contributed by atoms with Crippen LogP contribution in [-0.2, 0) is 13.0 Å². The van der Waals surface area contributed by atoms with Crippen molar-refractivity contribution in [1.29, 1.82) is 5.26 Å². The first-order chi connectivity index (χ1) is 7.35. The number of hydrogen-bond acceptors (Lipinski definition) is 2. The number of benzene rings is 2. The summed E-state index contributed by atoms with van der Waals surface area (Å²) in [6, 6.07) is 13.9. The average molecular weight is 197 g/mol. The molecule has 0 amide bonds. The van der Waals surface area contributed by atoms with E-state index < -0.39 is 0 Å². The normalized spacial score (nSPS) is 10.1. The van der Waals surface area contributed by atoms with E-state index in [4.69, 9.17) is 5.26 Å². The number of nitriles is 1. The molecule has 0 bridgehead atoms. The van der Waals surface area contributed by atoms with E-state index in [-0.39, 0.29) is 6.61 Å². The Labute approximate surface area is 88.4 Å². The highest BCUT2D eigenvalue weighted by atomic mass is 16.3. The zero-order chi connectivity index (χ0) is 10.7. The maximum atomic E-state index is 9.19. The van der Waals surface area contributed by atoms with Crippen LogP contribution in [-0.4, -0.2) is 5.11 Å². The Morgan fingerprint density at radius 3 is 2.80 bits per heavy atom. The summed E-state index contributed by atoms with van der Waals surface area (Å²) in [6.45, 7) is 0.0351. The molecule has 2 rings (SSSR count). The molecule has 15 heavy (non-hydrogen) atoms. The Morgan fingerprint density at radius 2 is 2.07 bits per heavy atom. The van der Waals surface area contributed by atoms with E-state index in [1.54, 1.807) is 0 Å². The van der Waals surface area contributed by atoms with Gasteiger partial charge in [0, 0.05) is 0 Å². The summed E-state index contributed by atoms with van der Waals surface area (Å²) in [5.41, 5.74) is 1.90. The summed E-state index contributed by atoms with van der Waals surface area (Å²) in [7, 11) is 0. The molecule has 2 heteroatoms. The van der Waals surface area contributed by atoms with Crippen molar-refractivity contribution < 1.29 is 5.11 Å². The van der Waals surface area contributed by atoms with Crippen LogP contribution in [0.5, 0.6) is 0 Å². The van der Waals surface area contributed by atoms with E-state index in [9.17, 15) is 5.11 Å². The van der Waals surface area contributed by atoms with Crippen molar-refractivity contribution in [3.05, 3.63) is 47.5 Å². The molecule has 0 unspecified atom stereocenters. The Balaban J connectivity index is 2.63. The molecule has 0 aliphatic rings. The molecule has 0 heterocycles. The topological polar surface area (TPSA) is 44.0 Å². The van der Waals surface area contributed by atoms with Gasteiger partial charge in [0.1, 0.15) is 0 Å². The fraction of sp³-hybridized carbons (Fsp3) is 0.154. The molecule has 1 N–H and O–H groups in total. The maximum absolute atomic E-state index is 9.19. The van der Waals surface area contributed by atoms with Crippen molar-refractivity contribution in [2.45, 2.75) is 13.0 Å². The van der Waals surface area contributed by atoms with E-state index in [2.05, 4.69) is 6.07 Å². The summed E-state index contributed by atoms with van der Waals surface area (Å²) >= 11 is 0. The zero-order valence-corrected chi connectivity index (χ0v) is 8.27. The van der Waals surface area contributed by atoms with Gasteiger partial charge in [0.25, 0.3) is 0 Å². The minimum atomic E-state index is 0.0351. The third kappa shape index (κ3) is 1.83. The number of aliphatic hydroxyl groups excluding tert-OH is 1. The monoisotopic (exact) mass is 197 g/mol. The molecule has 0 aromatic heterocycles. The molecule has 0 atom stereocenters. The maximum Gasteiger partial charge on any atom is 0.0687 e. The molecule has 0 fully saturated rings. The van der Waals surface area contributed by atoms with Gasteiger partial charge in [-0.1, -0.05) is 30.3 Å². The fourth-order valence-corrected chi connectivity index (χ4v) is 1.72. The Bertz CT molecular complexity index is 526. The van der Waals surface area contributed by atoms with Crippen molar-refractivity contribution in [2.75, 3.05) is 0 Å². The Morgan fingerprint density at radius 1 is 1.20 bits per heavy atom. The molecule has 2 nitrogen and oxygen atoms in total. The standard InChI is InChI=1S/C13H11NO/c14-7-6-10-4-5-11-2-1-3-12(9-15)13(11)8-10/h1-5,8,15H,6,9H2. The number of hydrogen-bond donors (Lipinski definition) is 1. The number of aliphatic hydroxyl groups is 1. The van der Waals surface area contributed by atoms with Gasteiger partial charge in [-0.05, 0) is 28.0 Å². The van der Waals surface area contributed by atoms with Gasteiger partial charge in [0.15, 0.2) is 0 Å². The van der Waals surface area contributed by atoms with Gasteiger partial charge < -0.3 is 5.11 Å². The molecular formula is C13H11NO. The second-order valence-corrected chi connectivity index (χ2v) is 3.47.